The van der Waals surface area contributed by atoms with Crippen molar-refractivity contribution >= 4 is 34.6 Å². The van der Waals surface area contributed by atoms with Crippen molar-refractivity contribution in [3.63, 3.8) is 0 Å². The number of carbonyl (C=O) groups is 2. The van der Waals surface area contributed by atoms with Crippen LogP contribution in [0.2, 0.25) is 0 Å². The number of para-hydroxylation sites is 1. The van der Waals surface area contributed by atoms with Gasteiger partial charge >= 0.3 is 6.03 Å². The van der Waals surface area contributed by atoms with Gasteiger partial charge in [-0.3, -0.25) is 9.69 Å². The largest absolute Gasteiger partial charge is 0.336 e. The van der Waals surface area contributed by atoms with Crippen LogP contribution >= 0.6 is 11.8 Å². The molecule has 0 saturated carbocycles. The summed E-state index contributed by atoms with van der Waals surface area (Å²) in [4.78, 5) is 30.0. The van der Waals surface area contributed by atoms with Crippen molar-refractivity contribution in [2.45, 2.75) is 31.0 Å². The first kappa shape index (κ1) is 15.8. The second-order valence-electron chi connectivity index (χ2n) is 5.73. The fraction of sp³-hybridized carbons (Fsp3) is 0.353. The van der Waals surface area contributed by atoms with Gasteiger partial charge in [0.25, 0.3) is 0 Å². The lowest BCUT2D eigenvalue weighted by Gasteiger charge is -2.17. The molecule has 1 N–H and O–H groups in total. The lowest BCUT2D eigenvalue weighted by molar-refractivity contribution is -0.126. The summed E-state index contributed by atoms with van der Waals surface area (Å²) in [6.45, 7) is 6.86. The highest BCUT2D eigenvalue weighted by atomic mass is 32.2. The summed E-state index contributed by atoms with van der Waals surface area (Å²) < 4.78 is 0. The Morgan fingerprint density at radius 3 is 2.83 bits per heavy atom. The third-order valence-electron chi connectivity index (χ3n) is 3.99. The number of urea groups is 1. The summed E-state index contributed by atoms with van der Waals surface area (Å²) in [5.74, 6) is -0.172. The van der Waals surface area contributed by atoms with Gasteiger partial charge in [0.1, 0.15) is 0 Å². The van der Waals surface area contributed by atoms with Gasteiger partial charge in [-0.15, -0.1) is 0 Å². The van der Waals surface area contributed by atoms with Crippen molar-refractivity contribution in [2.75, 3.05) is 13.1 Å². The fourth-order valence-electron chi connectivity index (χ4n) is 2.72. The molecule has 2 aromatic rings. The van der Waals surface area contributed by atoms with Crippen molar-refractivity contribution in [2.24, 2.45) is 0 Å². The van der Waals surface area contributed by atoms with Gasteiger partial charge in [0.05, 0.1) is 15.8 Å². The maximum Gasteiger partial charge on any atom is 0.324 e. The van der Waals surface area contributed by atoms with Crippen molar-refractivity contribution in [3.05, 3.63) is 35.4 Å². The molecule has 0 radical (unpaired) electrons. The van der Waals surface area contributed by atoms with Crippen LogP contribution < -0.4 is 5.32 Å². The molecule has 3 rings (SSSR count). The minimum Gasteiger partial charge on any atom is -0.336 e. The van der Waals surface area contributed by atoms with Crippen molar-refractivity contribution in [3.8, 4) is 0 Å². The van der Waals surface area contributed by atoms with Gasteiger partial charge in [0, 0.05) is 18.5 Å². The third kappa shape index (κ3) is 3.03. The van der Waals surface area contributed by atoms with E-state index in [0.717, 1.165) is 27.1 Å². The van der Waals surface area contributed by atoms with Crippen molar-refractivity contribution < 1.29 is 9.59 Å². The maximum absolute atomic E-state index is 12.4. The van der Waals surface area contributed by atoms with Gasteiger partial charge in [-0.05, 0) is 38.0 Å². The number of nitrogens with zero attached hydrogens (tertiary/aromatic N) is 2. The zero-order valence-electron chi connectivity index (χ0n) is 13.4. The molecule has 1 aromatic carbocycles. The molecule has 1 aliphatic rings. The molecule has 0 unspecified atom stereocenters. The molecule has 1 aliphatic heterocycles. The molecule has 0 bridgehead atoms. The first-order valence-corrected chi connectivity index (χ1v) is 8.48. The van der Waals surface area contributed by atoms with Gasteiger partial charge in [-0.2, -0.15) is 0 Å². The van der Waals surface area contributed by atoms with Crippen molar-refractivity contribution in [1.82, 2.24) is 15.2 Å². The number of aromatic nitrogens is 1. The number of pyridine rings is 1. The second kappa shape index (κ2) is 6.20. The second-order valence-corrected chi connectivity index (χ2v) is 7.09. The molecule has 120 valence electrons. The fourth-order valence-corrected chi connectivity index (χ4v) is 3.70. The van der Waals surface area contributed by atoms with Crippen molar-refractivity contribution in [1.29, 1.82) is 0 Å². The van der Waals surface area contributed by atoms with E-state index in [9.17, 15) is 9.59 Å². The monoisotopic (exact) mass is 329 g/mol. The molecular weight excluding hydrogens is 310 g/mol. The summed E-state index contributed by atoms with van der Waals surface area (Å²) in [7, 11) is 0. The van der Waals surface area contributed by atoms with E-state index in [1.54, 1.807) is 0 Å². The van der Waals surface area contributed by atoms with Crippen LogP contribution in [0, 0.1) is 13.8 Å². The van der Waals surface area contributed by atoms with Gasteiger partial charge in [0.2, 0.25) is 5.91 Å². The maximum atomic E-state index is 12.4. The topological polar surface area (TPSA) is 62.3 Å². The average molecular weight is 329 g/mol. The number of amides is 3. The molecule has 2 heterocycles. The molecular formula is C17H19N3O2S. The summed E-state index contributed by atoms with van der Waals surface area (Å²) in [5.41, 5.74) is 3.22. The SMILES string of the molecule is Cc1cc(S[C@@H](C)C(=O)N2CCNC2=O)nc2c(C)cccc12. The molecule has 0 aliphatic carbocycles. The number of aryl methyl sites for hydroxylation is 2. The molecule has 1 fully saturated rings. The first-order chi connectivity index (χ1) is 11.0. The van der Waals surface area contributed by atoms with E-state index in [1.807, 2.05) is 39.0 Å². The van der Waals surface area contributed by atoms with E-state index < -0.39 is 0 Å². The number of hydrogen-bond acceptors (Lipinski definition) is 4. The number of thioether (sulfide) groups is 1. The third-order valence-corrected chi connectivity index (χ3v) is 5.00. The zero-order valence-corrected chi connectivity index (χ0v) is 14.2. The van der Waals surface area contributed by atoms with Crippen LogP contribution in [0.5, 0.6) is 0 Å². The Labute approximate surface area is 139 Å². The Kier molecular flexibility index (Phi) is 4.26. The van der Waals surface area contributed by atoms with Gasteiger partial charge < -0.3 is 5.32 Å². The number of hydrogen-bond donors (Lipinski definition) is 1. The van der Waals surface area contributed by atoms with Crippen LogP contribution in [0.3, 0.4) is 0 Å². The molecule has 23 heavy (non-hydrogen) atoms. The van der Waals surface area contributed by atoms with Crippen LogP contribution in [-0.2, 0) is 4.79 Å². The van der Waals surface area contributed by atoms with E-state index in [0.29, 0.717) is 13.1 Å². The molecule has 5 nitrogen and oxygen atoms in total. The number of carbonyl (C=O) groups excluding carboxylic acids is 2. The van der Waals surface area contributed by atoms with Crippen LogP contribution in [0.25, 0.3) is 10.9 Å². The summed E-state index contributed by atoms with van der Waals surface area (Å²) >= 11 is 1.40. The lowest BCUT2D eigenvalue weighted by Crippen LogP contribution is -2.38. The van der Waals surface area contributed by atoms with Gasteiger partial charge in [-0.25, -0.2) is 9.78 Å². The normalized spacial score (nSPS) is 15.8. The standard InChI is InChI=1S/C17H19N3O2S/c1-10-5-4-6-13-11(2)9-14(19-15(10)13)23-12(3)16(21)20-8-7-18-17(20)22/h4-6,9,12H,7-8H2,1-3H3,(H,18,22)/t12-/m0/s1. The van der Waals surface area contributed by atoms with Crippen LogP contribution in [-0.4, -0.2) is 40.2 Å². The highest BCUT2D eigenvalue weighted by Crippen LogP contribution is 2.28. The van der Waals surface area contributed by atoms with E-state index in [-0.39, 0.29) is 17.2 Å². The Balaban J connectivity index is 1.85. The number of fused-ring (bicyclic) bond motifs is 1. The summed E-state index contributed by atoms with van der Waals surface area (Å²) in [6.07, 6.45) is 0. The number of rotatable bonds is 3. The van der Waals surface area contributed by atoms with Crippen LogP contribution in [0.1, 0.15) is 18.1 Å². The van der Waals surface area contributed by atoms with E-state index in [4.69, 9.17) is 4.98 Å². The molecule has 6 heteroatoms. The summed E-state index contributed by atoms with van der Waals surface area (Å²) in [5, 5.41) is 4.24. The Hall–Kier alpha value is -2.08. The minimum atomic E-state index is -0.354. The summed E-state index contributed by atoms with van der Waals surface area (Å²) in [6, 6.07) is 7.81. The van der Waals surface area contributed by atoms with E-state index >= 15 is 0 Å². The van der Waals surface area contributed by atoms with Crippen LogP contribution in [0.4, 0.5) is 4.79 Å². The first-order valence-electron chi connectivity index (χ1n) is 7.60. The number of nitrogens with one attached hydrogen (secondary N) is 1. The Morgan fingerprint density at radius 1 is 1.35 bits per heavy atom. The molecule has 3 amide bonds. The molecule has 0 spiro atoms. The minimum absolute atomic E-state index is 0.172. The predicted octanol–water partition coefficient (Wildman–Crippen LogP) is 2.88. The smallest absolute Gasteiger partial charge is 0.324 e. The molecule has 1 aromatic heterocycles. The van der Waals surface area contributed by atoms with Gasteiger partial charge in [-0.1, -0.05) is 30.0 Å². The highest BCUT2D eigenvalue weighted by Gasteiger charge is 2.30. The van der Waals surface area contributed by atoms with Gasteiger partial charge in [0.15, 0.2) is 0 Å². The quantitative estimate of drug-likeness (QED) is 0.880. The number of benzene rings is 1. The highest BCUT2D eigenvalue weighted by molar-refractivity contribution is 8.00. The average Bonchev–Trinajstić information content (AvgIpc) is 2.94. The lowest BCUT2D eigenvalue weighted by atomic mass is 10.1. The Morgan fingerprint density at radius 2 is 2.13 bits per heavy atom. The number of imide groups is 1. The van der Waals surface area contributed by atoms with E-state index in [2.05, 4.69) is 11.4 Å². The van der Waals surface area contributed by atoms with Crippen LogP contribution in [0.15, 0.2) is 29.3 Å². The molecule has 1 atom stereocenters. The molecule has 1 saturated heterocycles. The van der Waals surface area contributed by atoms with E-state index in [1.165, 1.54) is 16.7 Å². The Bertz CT molecular complexity index is 791. The predicted molar refractivity (Wildman–Crippen MR) is 91.6 cm³/mol. The zero-order chi connectivity index (χ0) is 16.6.